The van der Waals surface area contributed by atoms with Gasteiger partial charge in [0, 0.05) is 44.5 Å². The lowest BCUT2D eigenvalue weighted by Gasteiger charge is -2.30. The SMILES string of the molecule is CCc1noc(C)c1C(=O)N1C[C@H]2CC[C@@H](N(C)c3cnccn3)[C@H]2C1. The van der Waals surface area contributed by atoms with Gasteiger partial charge >= 0.3 is 0 Å². The van der Waals surface area contributed by atoms with Crippen molar-refractivity contribution < 1.29 is 9.32 Å². The number of nitrogens with zero attached hydrogens (tertiary/aromatic N) is 5. The molecule has 1 amide bonds. The highest BCUT2D eigenvalue weighted by atomic mass is 16.5. The molecule has 2 fully saturated rings. The molecule has 3 heterocycles. The van der Waals surface area contributed by atoms with E-state index in [0.717, 1.165) is 37.4 Å². The number of rotatable bonds is 4. The third-order valence-electron chi connectivity index (χ3n) is 6.00. The van der Waals surface area contributed by atoms with Gasteiger partial charge in [-0.25, -0.2) is 4.98 Å². The highest BCUT2D eigenvalue weighted by Crippen LogP contribution is 2.41. The number of aromatic nitrogens is 3. The summed E-state index contributed by atoms with van der Waals surface area (Å²) in [7, 11) is 2.08. The average molecular weight is 355 g/mol. The number of hydrogen-bond donors (Lipinski definition) is 0. The second-order valence-electron chi connectivity index (χ2n) is 7.37. The van der Waals surface area contributed by atoms with Crippen molar-refractivity contribution in [1.82, 2.24) is 20.0 Å². The van der Waals surface area contributed by atoms with Gasteiger partial charge in [0.1, 0.15) is 17.1 Å². The van der Waals surface area contributed by atoms with E-state index in [1.165, 1.54) is 0 Å². The first kappa shape index (κ1) is 17.0. The minimum Gasteiger partial charge on any atom is -0.361 e. The van der Waals surface area contributed by atoms with Crippen molar-refractivity contribution in [3.05, 3.63) is 35.6 Å². The standard InChI is InChI=1S/C19H25N5O2/c1-4-15-18(12(2)26-22-15)19(25)24-10-13-5-6-16(14(13)11-24)23(3)17-9-20-7-8-21-17/h7-9,13-14,16H,4-6,10-11H2,1-3H3/t13-,14+,16-/m1/s1. The molecule has 1 saturated carbocycles. The summed E-state index contributed by atoms with van der Waals surface area (Å²) < 4.78 is 5.26. The zero-order valence-electron chi connectivity index (χ0n) is 15.6. The van der Waals surface area contributed by atoms with Crippen LogP contribution in [0.25, 0.3) is 0 Å². The van der Waals surface area contributed by atoms with E-state index in [2.05, 4.69) is 27.1 Å². The molecule has 3 atom stereocenters. The Morgan fingerprint density at radius 3 is 2.92 bits per heavy atom. The molecule has 0 N–H and O–H groups in total. The molecule has 0 bridgehead atoms. The first-order valence-corrected chi connectivity index (χ1v) is 9.33. The summed E-state index contributed by atoms with van der Waals surface area (Å²) in [6.45, 7) is 5.42. The van der Waals surface area contributed by atoms with Crippen molar-refractivity contribution in [3.8, 4) is 0 Å². The number of aryl methyl sites for hydroxylation is 2. The molecule has 4 rings (SSSR count). The summed E-state index contributed by atoms with van der Waals surface area (Å²) in [6.07, 6.45) is 8.21. The molecule has 0 radical (unpaired) electrons. The molecular formula is C19H25N5O2. The highest BCUT2D eigenvalue weighted by molar-refractivity contribution is 5.96. The fourth-order valence-corrected chi connectivity index (χ4v) is 4.62. The number of amides is 1. The van der Waals surface area contributed by atoms with E-state index in [1.54, 1.807) is 18.6 Å². The van der Waals surface area contributed by atoms with Crippen molar-refractivity contribution in [1.29, 1.82) is 0 Å². The fraction of sp³-hybridized carbons (Fsp3) is 0.579. The average Bonchev–Trinajstić information content (AvgIpc) is 3.35. The van der Waals surface area contributed by atoms with Crippen molar-refractivity contribution >= 4 is 11.7 Å². The molecule has 2 aromatic rings. The Balaban J connectivity index is 1.51. The van der Waals surface area contributed by atoms with Gasteiger partial charge < -0.3 is 14.3 Å². The van der Waals surface area contributed by atoms with E-state index in [0.29, 0.717) is 35.6 Å². The number of carbonyl (C=O) groups excluding carboxylic acids is 1. The minimum atomic E-state index is 0.0657. The van der Waals surface area contributed by atoms with E-state index in [-0.39, 0.29) is 5.91 Å². The quantitative estimate of drug-likeness (QED) is 0.838. The van der Waals surface area contributed by atoms with Gasteiger partial charge in [-0.05, 0) is 32.1 Å². The smallest absolute Gasteiger partial charge is 0.259 e. The van der Waals surface area contributed by atoms with Crippen LogP contribution in [0.15, 0.2) is 23.1 Å². The monoisotopic (exact) mass is 355 g/mol. The summed E-state index contributed by atoms with van der Waals surface area (Å²) >= 11 is 0. The number of fused-ring (bicyclic) bond motifs is 1. The van der Waals surface area contributed by atoms with Crippen LogP contribution in [0.2, 0.25) is 0 Å². The summed E-state index contributed by atoms with van der Waals surface area (Å²) in [4.78, 5) is 25.9. The van der Waals surface area contributed by atoms with Crippen molar-refractivity contribution in [2.24, 2.45) is 11.8 Å². The molecule has 0 aromatic carbocycles. The molecule has 1 aliphatic heterocycles. The van der Waals surface area contributed by atoms with Crippen LogP contribution in [0.4, 0.5) is 5.82 Å². The third kappa shape index (κ3) is 2.75. The summed E-state index contributed by atoms with van der Waals surface area (Å²) in [6, 6.07) is 0.392. The molecule has 1 saturated heterocycles. The second-order valence-corrected chi connectivity index (χ2v) is 7.37. The fourth-order valence-electron chi connectivity index (χ4n) is 4.62. The Bertz CT molecular complexity index is 790. The lowest BCUT2D eigenvalue weighted by Crippen LogP contribution is -2.39. The Morgan fingerprint density at radius 1 is 1.35 bits per heavy atom. The molecule has 2 aromatic heterocycles. The maximum atomic E-state index is 13.1. The van der Waals surface area contributed by atoms with Gasteiger partial charge in [0.05, 0.1) is 11.9 Å². The van der Waals surface area contributed by atoms with Gasteiger partial charge in [-0.15, -0.1) is 0 Å². The van der Waals surface area contributed by atoms with Crippen LogP contribution in [-0.2, 0) is 6.42 Å². The van der Waals surface area contributed by atoms with Crippen LogP contribution in [0.5, 0.6) is 0 Å². The molecule has 2 aliphatic rings. The maximum Gasteiger partial charge on any atom is 0.259 e. The van der Waals surface area contributed by atoms with Crippen LogP contribution in [-0.4, -0.2) is 52.1 Å². The molecule has 7 nitrogen and oxygen atoms in total. The Morgan fingerprint density at radius 2 is 2.19 bits per heavy atom. The summed E-state index contributed by atoms with van der Waals surface area (Å²) in [5, 5.41) is 4.04. The van der Waals surface area contributed by atoms with Crippen molar-refractivity contribution in [2.75, 3.05) is 25.0 Å². The van der Waals surface area contributed by atoms with Crippen LogP contribution in [0.1, 0.15) is 41.6 Å². The Labute approximate surface area is 153 Å². The highest BCUT2D eigenvalue weighted by Gasteiger charge is 2.46. The van der Waals surface area contributed by atoms with Gasteiger partial charge in [0.15, 0.2) is 0 Å². The predicted molar refractivity (Wildman–Crippen MR) is 97.0 cm³/mol. The number of anilines is 1. The minimum absolute atomic E-state index is 0.0657. The first-order valence-electron chi connectivity index (χ1n) is 9.33. The predicted octanol–water partition coefficient (Wildman–Crippen LogP) is 2.32. The molecule has 26 heavy (non-hydrogen) atoms. The van der Waals surface area contributed by atoms with Crippen molar-refractivity contribution in [3.63, 3.8) is 0 Å². The Hall–Kier alpha value is -2.44. The first-order chi connectivity index (χ1) is 12.6. The second kappa shape index (κ2) is 6.70. The van der Waals surface area contributed by atoms with E-state index in [1.807, 2.05) is 18.7 Å². The van der Waals surface area contributed by atoms with Crippen LogP contribution in [0.3, 0.4) is 0 Å². The maximum absolute atomic E-state index is 13.1. The largest absolute Gasteiger partial charge is 0.361 e. The van der Waals surface area contributed by atoms with Gasteiger partial charge in [-0.2, -0.15) is 0 Å². The number of carbonyl (C=O) groups is 1. The van der Waals surface area contributed by atoms with E-state index in [4.69, 9.17) is 4.52 Å². The number of likely N-dealkylation sites (tertiary alicyclic amines) is 1. The normalized spacial score (nSPS) is 24.7. The van der Waals surface area contributed by atoms with E-state index in [9.17, 15) is 4.79 Å². The topological polar surface area (TPSA) is 75.4 Å². The lowest BCUT2D eigenvalue weighted by molar-refractivity contribution is 0.0776. The van der Waals surface area contributed by atoms with Gasteiger partial charge in [0.2, 0.25) is 0 Å². The van der Waals surface area contributed by atoms with Gasteiger partial charge in [-0.3, -0.25) is 9.78 Å². The zero-order valence-corrected chi connectivity index (χ0v) is 15.6. The van der Waals surface area contributed by atoms with Gasteiger partial charge in [0.25, 0.3) is 5.91 Å². The summed E-state index contributed by atoms with van der Waals surface area (Å²) in [5.41, 5.74) is 1.42. The molecule has 0 unspecified atom stereocenters. The molecular weight excluding hydrogens is 330 g/mol. The summed E-state index contributed by atoms with van der Waals surface area (Å²) in [5.74, 6) is 2.60. The molecule has 7 heteroatoms. The lowest BCUT2D eigenvalue weighted by atomic mass is 9.97. The van der Waals surface area contributed by atoms with E-state index < -0.39 is 0 Å². The van der Waals surface area contributed by atoms with Crippen LogP contribution in [0, 0.1) is 18.8 Å². The van der Waals surface area contributed by atoms with E-state index >= 15 is 0 Å². The van der Waals surface area contributed by atoms with Gasteiger partial charge in [-0.1, -0.05) is 12.1 Å². The van der Waals surface area contributed by atoms with Crippen LogP contribution >= 0.6 is 0 Å². The molecule has 1 aliphatic carbocycles. The number of hydrogen-bond acceptors (Lipinski definition) is 6. The van der Waals surface area contributed by atoms with Crippen molar-refractivity contribution in [2.45, 2.75) is 39.2 Å². The molecule has 0 spiro atoms. The Kier molecular flexibility index (Phi) is 4.38. The molecule has 138 valence electrons. The zero-order chi connectivity index (χ0) is 18.3. The van der Waals surface area contributed by atoms with Crippen LogP contribution < -0.4 is 4.90 Å². The third-order valence-corrected chi connectivity index (χ3v) is 6.00.